The molecule has 0 unspecified atom stereocenters. The molecule has 21 heavy (non-hydrogen) atoms. The molecule has 0 atom stereocenters. The van der Waals surface area contributed by atoms with E-state index in [1.54, 1.807) is 7.05 Å². The van der Waals surface area contributed by atoms with E-state index in [1.807, 2.05) is 6.92 Å². The van der Waals surface area contributed by atoms with E-state index in [-0.39, 0.29) is 24.2 Å². The predicted octanol–water partition coefficient (Wildman–Crippen LogP) is 0.668. The van der Waals surface area contributed by atoms with Crippen LogP contribution in [-0.4, -0.2) is 47.9 Å². The molecule has 0 spiro atoms. The third kappa shape index (κ3) is 4.09. The number of hydrogen-bond donors (Lipinski definition) is 3. The van der Waals surface area contributed by atoms with Crippen molar-refractivity contribution in [3.05, 3.63) is 0 Å². The summed E-state index contributed by atoms with van der Waals surface area (Å²) in [6.45, 7) is 2.54. The number of amides is 2. The smallest absolute Gasteiger partial charge is 0.239 e. The highest BCUT2D eigenvalue weighted by atomic mass is 16.4. The summed E-state index contributed by atoms with van der Waals surface area (Å²) < 4.78 is 0. The van der Waals surface area contributed by atoms with Crippen LogP contribution in [0.2, 0.25) is 0 Å². The number of nitrogens with one attached hydrogen (secondary N) is 1. The minimum atomic E-state index is -0.965. The van der Waals surface area contributed by atoms with E-state index in [1.165, 1.54) is 4.90 Å². The first-order valence-electron chi connectivity index (χ1n) is 7.48. The maximum Gasteiger partial charge on any atom is 0.239 e. The van der Waals surface area contributed by atoms with E-state index in [4.69, 9.17) is 10.9 Å². The molecule has 0 radical (unpaired) electrons. The first-order chi connectivity index (χ1) is 9.97. The molecule has 0 bridgehead atoms. The van der Waals surface area contributed by atoms with E-state index >= 15 is 0 Å². The van der Waals surface area contributed by atoms with Crippen molar-refractivity contribution >= 4 is 17.6 Å². The molecule has 0 saturated heterocycles. The Morgan fingerprint density at radius 2 is 1.95 bits per heavy atom. The molecular formula is C14H26N4O3. The van der Waals surface area contributed by atoms with Gasteiger partial charge in [0, 0.05) is 13.6 Å². The van der Waals surface area contributed by atoms with Gasteiger partial charge in [0.1, 0.15) is 5.41 Å². The number of oxime groups is 1. The number of carbonyl (C=O) groups excluding carboxylic acids is 2. The lowest BCUT2D eigenvalue weighted by molar-refractivity contribution is -0.141. The van der Waals surface area contributed by atoms with Gasteiger partial charge in [-0.05, 0) is 19.3 Å². The molecule has 120 valence electrons. The van der Waals surface area contributed by atoms with Gasteiger partial charge in [-0.2, -0.15) is 0 Å². The number of nitrogens with zero attached hydrogens (tertiary/aromatic N) is 2. The molecule has 1 saturated carbocycles. The summed E-state index contributed by atoms with van der Waals surface area (Å²) in [7, 11) is 1.58. The molecule has 0 aromatic heterocycles. The van der Waals surface area contributed by atoms with Gasteiger partial charge in [0.15, 0.2) is 5.84 Å². The summed E-state index contributed by atoms with van der Waals surface area (Å²) in [6, 6.07) is 0. The summed E-state index contributed by atoms with van der Waals surface area (Å²) in [6.07, 6.45) is 4.72. The molecule has 0 heterocycles. The molecule has 4 N–H and O–H groups in total. The average molecular weight is 298 g/mol. The molecule has 0 aromatic carbocycles. The van der Waals surface area contributed by atoms with Gasteiger partial charge in [-0.3, -0.25) is 9.59 Å². The third-order valence-electron chi connectivity index (χ3n) is 4.01. The molecule has 1 aliphatic carbocycles. The van der Waals surface area contributed by atoms with Gasteiger partial charge in [0.25, 0.3) is 0 Å². The lowest BCUT2D eigenvalue weighted by Gasteiger charge is -2.37. The van der Waals surface area contributed by atoms with Crippen molar-refractivity contribution in [2.45, 2.75) is 45.4 Å². The van der Waals surface area contributed by atoms with Crippen LogP contribution in [0.15, 0.2) is 5.16 Å². The van der Waals surface area contributed by atoms with Gasteiger partial charge in [0.2, 0.25) is 11.8 Å². The number of amidine groups is 1. The maximum atomic E-state index is 12.7. The minimum absolute atomic E-state index is 0.0146. The summed E-state index contributed by atoms with van der Waals surface area (Å²) in [5.74, 6) is -0.490. The zero-order chi connectivity index (χ0) is 15.9. The van der Waals surface area contributed by atoms with Crippen molar-refractivity contribution in [1.29, 1.82) is 0 Å². The van der Waals surface area contributed by atoms with Gasteiger partial charge in [0.05, 0.1) is 6.54 Å². The van der Waals surface area contributed by atoms with E-state index in [0.717, 1.165) is 25.7 Å². The Labute approximate surface area is 125 Å². The fourth-order valence-corrected chi connectivity index (χ4v) is 2.80. The first-order valence-corrected chi connectivity index (χ1v) is 7.48. The van der Waals surface area contributed by atoms with E-state index in [2.05, 4.69) is 10.5 Å². The molecular weight excluding hydrogens is 272 g/mol. The number of carbonyl (C=O) groups is 2. The highest BCUT2D eigenvalue weighted by molar-refractivity contribution is 6.07. The van der Waals surface area contributed by atoms with Gasteiger partial charge in [-0.1, -0.05) is 31.3 Å². The SMILES string of the molecule is CCCNC(=O)CN(C)C(=O)C1(C(N)=NO)CCCCC1. The predicted molar refractivity (Wildman–Crippen MR) is 79.9 cm³/mol. The average Bonchev–Trinajstić information content (AvgIpc) is 2.51. The van der Waals surface area contributed by atoms with Crippen LogP contribution < -0.4 is 11.1 Å². The van der Waals surface area contributed by atoms with Gasteiger partial charge < -0.3 is 21.2 Å². The lowest BCUT2D eigenvalue weighted by atomic mass is 9.72. The van der Waals surface area contributed by atoms with Gasteiger partial charge >= 0.3 is 0 Å². The fourth-order valence-electron chi connectivity index (χ4n) is 2.80. The molecule has 7 heteroatoms. The second-order valence-corrected chi connectivity index (χ2v) is 5.64. The first kappa shape index (κ1) is 17.3. The Kier molecular flexibility index (Phi) is 6.45. The largest absolute Gasteiger partial charge is 0.409 e. The van der Waals surface area contributed by atoms with Crippen LogP contribution >= 0.6 is 0 Å². The summed E-state index contributed by atoms with van der Waals surface area (Å²) in [4.78, 5) is 25.8. The minimum Gasteiger partial charge on any atom is -0.409 e. The summed E-state index contributed by atoms with van der Waals surface area (Å²) in [5.41, 5.74) is 4.82. The third-order valence-corrected chi connectivity index (χ3v) is 4.01. The van der Waals surface area contributed by atoms with Crippen molar-refractivity contribution in [3.8, 4) is 0 Å². The normalized spacial score (nSPS) is 18.1. The maximum absolute atomic E-state index is 12.7. The highest BCUT2D eigenvalue weighted by Gasteiger charge is 2.45. The quantitative estimate of drug-likeness (QED) is 0.290. The topological polar surface area (TPSA) is 108 Å². The molecule has 0 aliphatic heterocycles. The second-order valence-electron chi connectivity index (χ2n) is 5.64. The van der Waals surface area contributed by atoms with Crippen LogP contribution in [0.4, 0.5) is 0 Å². The Morgan fingerprint density at radius 1 is 1.33 bits per heavy atom. The lowest BCUT2D eigenvalue weighted by Crippen LogP contribution is -2.53. The van der Waals surface area contributed by atoms with Crippen LogP contribution in [0.5, 0.6) is 0 Å². The van der Waals surface area contributed by atoms with E-state index in [0.29, 0.717) is 19.4 Å². The van der Waals surface area contributed by atoms with Gasteiger partial charge in [-0.25, -0.2) is 0 Å². The van der Waals surface area contributed by atoms with Crippen LogP contribution in [0.1, 0.15) is 45.4 Å². The van der Waals surface area contributed by atoms with Crippen LogP contribution in [0.3, 0.4) is 0 Å². The summed E-state index contributed by atoms with van der Waals surface area (Å²) >= 11 is 0. The second kappa shape index (κ2) is 7.85. The van der Waals surface area contributed by atoms with Crippen molar-refractivity contribution in [2.75, 3.05) is 20.1 Å². The monoisotopic (exact) mass is 298 g/mol. The number of hydrogen-bond acceptors (Lipinski definition) is 4. The molecule has 2 amide bonds. The van der Waals surface area contributed by atoms with Crippen molar-refractivity contribution in [3.63, 3.8) is 0 Å². The van der Waals surface area contributed by atoms with Crippen molar-refractivity contribution in [1.82, 2.24) is 10.2 Å². The van der Waals surface area contributed by atoms with Crippen molar-refractivity contribution < 1.29 is 14.8 Å². The molecule has 1 fully saturated rings. The Bertz CT molecular complexity index is 403. The van der Waals surface area contributed by atoms with Crippen LogP contribution in [-0.2, 0) is 9.59 Å². The number of likely N-dealkylation sites (N-methyl/N-ethyl adjacent to an activating group) is 1. The van der Waals surface area contributed by atoms with E-state index < -0.39 is 5.41 Å². The molecule has 1 rings (SSSR count). The van der Waals surface area contributed by atoms with Crippen LogP contribution in [0, 0.1) is 5.41 Å². The van der Waals surface area contributed by atoms with Crippen molar-refractivity contribution in [2.24, 2.45) is 16.3 Å². The zero-order valence-corrected chi connectivity index (χ0v) is 12.9. The molecule has 7 nitrogen and oxygen atoms in total. The Hall–Kier alpha value is -1.79. The number of nitrogens with two attached hydrogens (primary N) is 1. The van der Waals surface area contributed by atoms with Gasteiger partial charge in [-0.15, -0.1) is 0 Å². The molecule has 0 aromatic rings. The van der Waals surface area contributed by atoms with Crippen LogP contribution in [0.25, 0.3) is 0 Å². The standard InChI is InChI=1S/C14H26N4O3/c1-3-9-16-11(19)10-18(2)13(20)14(12(15)17-21)7-5-4-6-8-14/h21H,3-10H2,1-2H3,(H2,15,17)(H,16,19). The Balaban J connectivity index is 2.78. The number of rotatable bonds is 6. The molecule has 1 aliphatic rings. The summed E-state index contributed by atoms with van der Waals surface area (Å²) in [5, 5.41) is 14.8. The fraction of sp³-hybridized carbons (Fsp3) is 0.786. The highest BCUT2D eigenvalue weighted by Crippen LogP contribution is 2.38. The zero-order valence-electron chi connectivity index (χ0n) is 12.9. The van der Waals surface area contributed by atoms with E-state index in [9.17, 15) is 9.59 Å². The Morgan fingerprint density at radius 3 is 2.48 bits per heavy atom.